The van der Waals surface area contributed by atoms with Crippen LogP contribution in [-0.2, 0) is 6.54 Å². The molecule has 150 valence electrons. The van der Waals surface area contributed by atoms with Crippen molar-refractivity contribution in [2.45, 2.75) is 6.54 Å². The smallest absolute Gasteiger partial charge is 0.113 e. The van der Waals surface area contributed by atoms with E-state index in [1.54, 1.807) is 0 Å². The number of anilines is 3. The van der Waals surface area contributed by atoms with Crippen LogP contribution >= 0.6 is 0 Å². The lowest BCUT2D eigenvalue weighted by molar-refractivity contribution is 0.650. The van der Waals surface area contributed by atoms with Gasteiger partial charge in [-0.05, 0) is 42.0 Å². The Morgan fingerprint density at radius 2 is 1.10 bits per heavy atom. The second kappa shape index (κ2) is 8.67. The Labute approximate surface area is 182 Å². The van der Waals surface area contributed by atoms with E-state index < -0.39 is 0 Å². The normalized spacial score (nSPS) is 10.7. The van der Waals surface area contributed by atoms with Gasteiger partial charge < -0.3 is 4.90 Å². The summed E-state index contributed by atoms with van der Waals surface area (Å²) in [4.78, 5) is 2.25. The van der Waals surface area contributed by atoms with Crippen molar-refractivity contribution in [1.82, 2.24) is 15.0 Å². The van der Waals surface area contributed by atoms with Crippen LogP contribution < -0.4 is 4.90 Å². The predicted octanol–water partition coefficient (Wildman–Crippen LogP) is 6.46. The molecular formula is C27H22N4. The van der Waals surface area contributed by atoms with Crippen molar-refractivity contribution >= 4 is 17.1 Å². The maximum absolute atomic E-state index is 4.37. The first kappa shape index (κ1) is 18.8. The van der Waals surface area contributed by atoms with Crippen LogP contribution in [-0.4, -0.2) is 15.0 Å². The molecule has 0 unspecified atom stereocenters. The Kier molecular flexibility index (Phi) is 5.27. The second-order valence-electron chi connectivity index (χ2n) is 7.34. The summed E-state index contributed by atoms with van der Waals surface area (Å²) in [6.07, 6.45) is 1.99. The van der Waals surface area contributed by atoms with Gasteiger partial charge in [-0.15, -0.1) is 5.10 Å². The maximum atomic E-state index is 4.37. The van der Waals surface area contributed by atoms with Gasteiger partial charge in [-0.25, -0.2) is 4.68 Å². The number of hydrogen-bond acceptors (Lipinski definition) is 3. The lowest BCUT2D eigenvalue weighted by Gasteiger charge is -2.25. The van der Waals surface area contributed by atoms with Gasteiger partial charge in [0.15, 0.2) is 0 Å². The van der Waals surface area contributed by atoms with Crippen molar-refractivity contribution < 1.29 is 0 Å². The summed E-state index contributed by atoms with van der Waals surface area (Å²) < 4.78 is 1.87. The molecule has 1 aromatic heterocycles. The third-order valence-electron chi connectivity index (χ3n) is 5.18. The lowest BCUT2D eigenvalue weighted by atomic mass is 10.1. The Bertz CT molecular complexity index is 1190. The number of hydrogen-bond donors (Lipinski definition) is 0. The van der Waals surface area contributed by atoms with Crippen molar-refractivity contribution in [2.75, 3.05) is 4.90 Å². The zero-order valence-electron chi connectivity index (χ0n) is 17.0. The molecule has 0 N–H and O–H groups in total. The summed E-state index contributed by atoms with van der Waals surface area (Å²) in [5.41, 5.74) is 6.46. The fraction of sp³-hybridized carbons (Fsp3) is 0.0370. The third kappa shape index (κ3) is 4.23. The molecule has 0 aliphatic rings. The molecule has 5 aromatic rings. The van der Waals surface area contributed by atoms with Gasteiger partial charge in [0.1, 0.15) is 5.69 Å². The van der Waals surface area contributed by atoms with Crippen molar-refractivity contribution in [3.63, 3.8) is 0 Å². The van der Waals surface area contributed by atoms with Crippen molar-refractivity contribution in [3.05, 3.63) is 127 Å². The van der Waals surface area contributed by atoms with Gasteiger partial charge in [0.25, 0.3) is 0 Å². The van der Waals surface area contributed by atoms with E-state index in [-0.39, 0.29) is 0 Å². The number of benzene rings is 4. The highest BCUT2D eigenvalue weighted by atomic mass is 15.4. The van der Waals surface area contributed by atoms with Crippen LogP contribution in [0.3, 0.4) is 0 Å². The third-order valence-corrected chi connectivity index (χ3v) is 5.18. The molecule has 5 rings (SSSR count). The highest BCUT2D eigenvalue weighted by Crippen LogP contribution is 2.34. The molecule has 0 aliphatic heterocycles. The molecule has 0 aliphatic carbocycles. The minimum Gasteiger partial charge on any atom is -0.311 e. The summed E-state index contributed by atoms with van der Waals surface area (Å²) in [6.45, 7) is 0.710. The van der Waals surface area contributed by atoms with E-state index >= 15 is 0 Å². The van der Waals surface area contributed by atoms with Crippen LogP contribution in [0.4, 0.5) is 17.1 Å². The standard InChI is InChI=1S/C27H22N4/c1-4-10-22(11-5-1)20-30-21-27(28-29-30)23-16-18-26(19-17-23)31(24-12-6-2-7-13-24)25-14-8-3-9-15-25/h1-19,21H,20H2. The number of para-hydroxylation sites is 2. The molecule has 0 saturated carbocycles. The largest absolute Gasteiger partial charge is 0.311 e. The summed E-state index contributed by atoms with van der Waals surface area (Å²) in [5.74, 6) is 0. The molecule has 4 aromatic carbocycles. The highest BCUT2D eigenvalue weighted by Gasteiger charge is 2.12. The SMILES string of the molecule is c1ccc(Cn2cc(-c3ccc(N(c4ccccc4)c4ccccc4)cc3)nn2)cc1. The molecule has 0 fully saturated rings. The number of aromatic nitrogens is 3. The minimum atomic E-state index is 0.710. The lowest BCUT2D eigenvalue weighted by Crippen LogP contribution is -2.09. The van der Waals surface area contributed by atoms with Gasteiger partial charge in [0.05, 0.1) is 12.7 Å². The van der Waals surface area contributed by atoms with E-state index in [4.69, 9.17) is 0 Å². The van der Waals surface area contributed by atoms with E-state index in [2.05, 4.69) is 100 Å². The molecule has 0 bridgehead atoms. The Balaban J connectivity index is 1.42. The van der Waals surface area contributed by atoms with Crippen molar-refractivity contribution in [3.8, 4) is 11.3 Å². The van der Waals surface area contributed by atoms with Gasteiger partial charge in [-0.3, -0.25) is 0 Å². The van der Waals surface area contributed by atoms with Crippen LogP contribution in [0, 0.1) is 0 Å². The fourth-order valence-electron chi connectivity index (χ4n) is 3.66. The first-order chi connectivity index (χ1) is 15.4. The van der Waals surface area contributed by atoms with E-state index in [9.17, 15) is 0 Å². The van der Waals surface area contributed by atoms with E-state index in [1.807, 2.05) is 41.2 Å². The first-order valence-corrected chi connectivity index (χ1v) is 10.3. The molecule has 1 heterocycles. The molecule has 31 heavy (non-hydrogen) atoms. The van der Waals surface area contributed by atoms with E-state index in [0.717, 1.165) is 28.3 Å². The molecular weight excluding hydrogens is 380 g/mol. The molecule has 4 heteroatoms. The maximum Gasteiger partial charge on any atom is 0.113 e. The van der Waals surface area contributed by atoms with Crippen LogP contribution in [0.25, 0.3) is 11.3 Å². The summed E-state index contributed by atoms with van der Waals surface area (Å²) in [6, 6.07) is 39.6. The Morgan fingerprint density at radius 1 is 0.581 bits per heavy atom. The summed E-state index contributed by atoms with van der Waals surface area (Å²) in [5, 5.41) is 8.67. The molecule has 4 nitrogen and oxygen atoms in total. The van der Waals surface area contributed by atoms with Crippen LogP contribution in [0.15, 0.2) is 121 Å². The second-order valence-corrected chi connectivity index (χ2v) is 7.34. The Morgan fingerprint density at radius 3 is 1.68 bits per heavy atom. The van der Waals surface area contributed by atoms with Gasteiger partial charge in [-0.2, -0.15) is 0 Å². The van der Waals surface area contributed by atoms with Crippen molar-refractivity contribution in [1.29, 1.82) is 0 Å². The molecule has 0 amide bonds. The molecule has 0 spiro atoms. The fourth-order valence-corrected chi connectivity index (χ4v) is 3.66. The monoisotopic (exact) mass is 402 g/mol. The topological polar surface area (TPSA) is 34.0 Å². The molecule has 0 atom stereocenters. The van der Waals surface area contributed by atoms with Crippen molar-refractivity contribution in [2.24, 2.45) is 0 Å². The van der Waals surface area contributed by atoms with Gasteiger partial charge in [-0.1, -0.05) is 84.1 Å². The van der Waals surface area contributed by atoms with Gasteiger partial charge >= 0.3 is 0 Å². The highest BCUT2D eigenvalue weighted by molar-refractivity contribution is 5.77. The molecule has 0 radical (unpaired) electrons. The van der Waals surface area contributed by atoms with Gasteiger partial charge in [0.2, 0.25) is 0 Å². The minimum absolute atomic E-state index is 0.710. The van der Waals surface area contributed by atoms with Crippen LogP contribution in [0.2, 0.25) is 0 Å². The average Bonchev–Trinajstić information content (AvgIpc) is 3.30. The quantitative estimate of drug-likeness (QED) is 0.327. The average molecular weight is 403 g/mol. The van der Waals surface area contributed by atoms with Crippen LogP contribution in [0.1, 0.15) is 5.56 Å². The number of nitrogens with zero attached hydrogens (tertiary/aromatic N) is 4. The summed E-state index contributed by atoms with van der Waals surface area (Å²) >= 11 is 0. The Hall–Kier alpha value is -4.18. The van der Waals surface area contributed by atoms with Gasteiger partial charge in [0, 0.05) is 22.6 Å². The zero-order chi connectivity index (χ0) is 20.9. The predicted molar refractivity (Wildman–Crippen MR) is 126 cm³/mol. The zero-order valence-corrected chi connectivity index (χ0v) is 17.0. The number of rotatable bonds is 6. The van der Waals surface area contributed by atoms with Crippen LogP contribution in [0.5, 0.6) is 0 Å². The van der Waals surface area contributed by atoms with E-state index in [0.29, 0.717) is 6.54 Å². The molecule has 0 saturated heterocycles. The van der Waals surface area contributed by atoms with E-state index in [1.165, 1.54) is 5.56 Å². The summed E-state index contributed by atoms with van der Waals surface area (Å²) in [7, 11) is 0. The first-order valence-electron chi connectivity index (χ1n) is 10.3.